The van der Waals surface area contributed by atoms with Gasteiger partial charge in [0.1, 0.15) is 5.75 Å². The van der Waals surface area contributed by atoms with Crippen LogP contribution in [0.15, 0.2) is 42.5 Å². The quantitative estimate of drug-likeness (QED) is 0.0847. The van der Waals surface area contributed by atoms with Crippen molar-refractivity contribution in [3.05, 3.63) is 53.1 Å². The minimum atomic E-state index is -1.81. The average Bonchev–Trinajstić information content (AvgIpc) is 3.31. The summed E-state index contributed by atoms with van der Waals surface area (Å²) in [5, 5.41) is 5.56. The van der Waals surface area contributed by atoms with Crippen molar-refractivity contribution in [2.24, 2.45) is 11.3 Å². The lowest BCUT2D eigenvalue weighted by atomic mass is 9.85. The zero-order valence-electron chi connectivity index (χ0n) is 34.4. The van der Waals surface area contributed by atoms with Gasteiger partial charge in [-0.25, -0.2) is 9.69 Å². The highest BCUT2D eigenvalue weighted by Crippen LogP contribution is 2.32. The van der Waals surface area contributed by atoms with Crippen LogP contribution in [0.3, 0.4) is 0 Å². The van der Waals surface area contributed by atoms with E-state index in [4.69, 9.17) is 21.1 Å². The van der Waals surface area contributed by atoms with Crippen LogP contribution in [0.5, 0.6) is 5.75 Å². The molecule has 55 heavy (non-hydrogen) atoms. The number of anilines is 2. The molecule has 1 fully saturated rings. The molecule has 2 N–H and O–H groups in total. The number of carbonyl (C=O) groups excluding carboxylic acids is 5. The molecule has 10 nitrogen and oxygen atoms in total. The second kappa shape index (κ2) is 21.4. The normalized spacial score (nSPS) is 15.1. The molecule has 11 heteroatoms. The van der Waals surface area contributed by atoms with E-state index in [1.165, 1.54) is 103 Å². The van der Waals surface area contributed by atoms with Crippen molar-refractivity contribution in [2.45, 2.75) is 163 Å². The van der Waals surface area contributed by atoms with Gasteiger partial charge in [-0.05, 0) is 68.5 Å². The number of ether oxygens (including phenoxy) is 2. The predicted molar refractivity (Wildman–Crippen MR) is 219 cm³/mol. The first kappa shape index (κ1) is 45.5. The van der Waals surface area contributed by atoms with E-state index in [-0.39, 0.29) is 16.6 Å². The number of halogens is 1. The van der Waals surface area contributed by atoms with E-state index in [1.54, 1.807) is 26.8 Å². The van der Waals surface area contributed by atoms with E-state index in [1.807, 2.05) is 32.0 Å². The average molecular weight is 782 g/mol. The first-order valence-electron chi connectivity index (χ1n) is 20.2. The first-order valence-corrected chi connectivity index (χ1v) is 20.6. The largest absolute Gasteiger partial charge is 0.480 e. The minimum absolute atomic E-state index is 0.0679. The number of unbranched alkanes of at least 4 members (excludes halogenated alkanes) is 12. The maximum atomic E-state index is 13.7. The van der Waals surface area contributed by atoms with Gasteiger partial charge in [0.25, 0.3) is 17.7 Å². The van der Waals surface area contributed by atoms with Gasteiger partial charge in [0.2, 0.25) is 0 Å². The van der Waals surface area contributed by atoms with E-state index in [0.29, 0.717) is 16.3 Å². The summed E-state index contributed by atoms with van der Waals surface area (Å²) >= 11 is 6.44. The molecule has 2 aromatic rings. The number of ketones is 1. The van der Waals surface area contributed by atoms with Crippen molar-refractivity contribution >= 4 is 52.6 Å². The van der Waals surface area contributed by atoms with Crippen molar-refractivity contribution in [1.82, 2.24) is 4.90 Å². The second-order valence-corrected chi connectivity index (χ2v) is 17.1. The number of nitrogens with one attached hydrogen (secondary N) is 2. The molecule has 4 amide bonds. The van der Waals surface area contributed by atoms with Crippen molar-refractivity contribution < 1.29 is 33.4 Å². The molecular weight excluding hydrogens is 718 g/mol. The van der Waals surface area contributed by atoms with Gasteiger partial charge in [0.05, 0.1) is 10.7 Å². The van der Waals surface area contributed by atoms with E-state index >= 15 is 0 Å². The van der Waals surface area contributed by atoms with Crippen LogP contribution >= 0.6 is 11.6 Å². The van der Waals surface area contributed by atoms with Crippen LogP contribution in [0.2, 0.25) is 5.02 Å². The fourth-order valence-electron chi connectivity index (χ4n) is 6.54. The Bertz CT molecular complexity index is 1620. The van der Waals surface area contributed by atoms with Gasteiger partial charge in [-0.2, -0.15) is 0 Å². The Kier molecular flexibility index (Phi) is 17.7. The molecule has 2 unspecified atom stereocenters. The number of aryl methyl sites for hydroxylation is 1. The van der Waals surface area contributed by atoms with E-state index in [0.717, 1.165) is 18.4 Å². The van der Waals surface area contributed by atoms with Gasteiger partial charge in [0, 0.05) is 11.1 Å². The van der Waals surface area contributed by atoms with Gasteiger partial charge in [-0.3, -0.25) is 19.2 Å². The Balaban J connectivity index is 1.58. The predicted octanol–water partition coefficient (Wildman–Crippen LogP) is 10.7. The summed E-state index contributed by atoms with van der Waals surface area (Å²) in [5.41, 5.74) is -1.09. The van der Waals surface area contributed by atoms with Crippen molar-refractivity contribution in [3.63, 3.8) is 0 Å². The van der Waals surface area contributed by atoms with Crippen molar-refractivity contribution in [1.29, 1.82) is 0 Å². The highest BCUT2D eigenvalue weighted by atomic mass is 35.5. The SMILES string of the molecule is CCCCCCCCCCCCCCCc1cccc(OC(C(=O)Nc2ccc(Cl)c(NC(=O)C(C(=O)C(C)(C)C)N3C(=O)OC(C)(C)C3=O)c2)C(C)C)c1. The monoisotopic (exact) mass is 781 g/mol. The Hall–Kier alpha value is -3.92. The smallest absolute Gasteiger partial charge is 0.418 e. The second-order valence-electron chi connectivity index (χ2n) is 16.7. The Morgan fingerprint density at radius 3 is 1.93 bits per heavy atom. The van der Waals surface area contributed by atoms with Crippen molar-refractivity contribution in [2.75, 3.05) is 10.6 Å². The van der Waals surface area contributed by atoms with Crippen LogP contribution in [0.25, 0.3) is 0 Å². The molecule has 0 saturated carbocycles. The number of nitrogens with zero attached hydrogens (tertiary/aromatic N) is 1. The summed E-state index contributed by atoms with van der Waals surface area (Å²) in [5.74, 6) is -2.40. The molecule has 304 valence electrons. The fourth-order valence-corrected chi connectivity index (χ4v) is 6.71. The molecule has 0 bridgehead atoms. The molecule has 1 heterocycles. The van der Waals surface area contributed by atoms with E-state index in [2.05, 4.69) is 23.6 Å². The molecule has 2 atom stereocenters. The topological polar surface area (TPSA) is 131 Å². The van der Waals surface area contributed by atoms with Crippen LogP contribution in [-0.2, 0) is 30.3 Å². The van der Waals surface area contributed by atoms with E-state index in [9.17, 15) is 24.0 Å². The Morgan fingerprint density at radius 2 is 1.40 bits per heavy atom. The number of hydrogen-bond donors (Lipinski definition) is 2. The van der Waals surface area contributed by atoms with Crippen LogP contribution in [-0.4, -0.2) is 52.2 Å². The molecule has 0 radical (unpaired) electrons. The van der Waals surface area contributed by atoms with Gasteiger partial charge in [-0.15, -0.1) is 0 Å². The van der Waals surface area contributed by atoms with Crippen molar-refractivity contribution in [3.8, 4) is 5.75 Å². The standard InChI is InChI=1S/C44H64ClN3O7/c1-9-10-11-12-13-14-15-16-17-18-19-20-21-23-31-24-22-25-33(28-31)54-37(30(2)3)40(51)46-32-26-27-34(45)35(29-32)47-39(50)36(38(49)43(4,5)6)48-41(52)44(7,8)55-42(48)53/h22,24-30,36-37H,9-21,23H2,1-8H3,(H,46,51)(H,47,50). The van der Waals surface area contributed by atoms with Crippen LogP contribution in [0, 0.1) is 11.3 Å². The summed E-state index contributed by atoms with van der Waals surface area (Å²) in [6, 6.07) is 10.6. The number of amides is 4. The molecule has 0 aliphatic carbocycles. The first-order chi connectivity index (χ1) is 26.0. The third-order valence-electron chi connectivity index (χ3n) is 9.85. The summed E-state index contributed by atoms with van der Waals surface area (Å²) < 4.78 is 11.4. The van der Waals surface area contributed by atoms with Gasteiger partial charge >= 0.3 is 6.09 Å². The molecule has 3 rings (SSSR count). The molecular formula is C44H64ClN3O7. The van der Waals surface area contributed by atoms with Gasteiger partial charge in [-0.1, -0.05) is 142 Å². The minimum Gasteiger partial charge on any atom is -0.480 e. The van der Waals surface area contributed by atoms with Crippen LogP contribution < -0.4 is 15.4 Å². The highest BCUT2D eigenvalue weighted by Gasteiger charge is 2.55. The van der Waals surface area contributed by atoms with E-state index < -0.39 is 52.8 Å². The molecule has 0 spiro atoms. The lowest BCUT2D eigenvalue weighted by Gasteiger charge is -2.28. The lowest BCUT2D eigenvalue weighted by molar-refractivity contribution is -0.145. The number of carbonyl (C=O) groups is 5. The maximum absolute atomic E-state index is 13.7. The zero-order chi connectivity index (χ0) is 40.8. The molecule has 2 aromatic carbocycles. The lowest BCUT2D eigenvalue weighted by Crippen LogP contribution is -2.55. The summed E-state index contributed by atoms with van der Waals surface area (Å²) in [6.07, 6.45) is 16.1. The maximum Gasteiger partial charge on any atom is 0.418 e. The summed E-state index contributed by atoms with van der Waals surface area (Å²) in [4.78, 5) is 67.1. The molecule has 1 saturated heterocycles. The third-order valence-corrected chi connectivity index (χ3v) is 10.2. The number of rotatable bonds is 23. The summed E-state index contributed by atoms with van der Waals surface area (Å²) in [7, 11) is 0. The van der Waals surface area contributed by atoms with Gasteiger partial charge in [0.15, 0.2) is 23.5 Å². The third kappa shape index (κ3) is 14.0. The van der Waals surface area contributed by atoms with Crippen LogP contribution in [0.1, 0.15) is 144 Å². The molecule has 1 aliphatic heterocycles. The number of Topliss-reactive ketones (excluding diaryl/α,β-unsaturated/α-hetero) is 1. The Labute approximate surface area is 333 Å². The number of imide groups is 1. The Morgan fingerprint density at radius 1 is 0.818 bits per heavy atom. The molecule has 1 aliphatic rings. The number of benzene rings is 2. The highest BCUT2D eigenvalue weighted by molar-refractivity contribution is 6.34. The number of cyclic esters (lactones) is 1. The fraction of sp³-hybridized carbons (Fsp3) is 0.614. The molecule has 0 aromatic heterocycles. The van der Waals surface area contributed by atoms with Crippen LogP contribution in [0.4, 0.5) is 16.2 Å². The van der Waals surface area contributed by atoms with Gasteiger partial charge < -0.3 is 20.1 Å². The number of hydrogen-bond acceptors (Lipinski definition) is 7. The summed E-state index contributed by atoms with van der Waals surface area (Å²) in [6.45, 7) is 13.6. The zero-order valence-corrected chi connectivity index (χ0v) is 35.1.